The number of hydrogen-bond acceptors (Lipinski definition) is 6. The van der Waals surface area contributed by atoms with E-state index in [1.54, 1.807) is 12.2 Å². The van der Waals surface area contributed by atoms with Crippen LogP contribution in [0.25, 0.3) is 5.57 Å². The van der Waals surface area contributed by atoms with Gasteiger partial charge >= 0.3 is 0 Å². The van der Waals surface area contributed by atoms with Crippen LogP contribution in [-0.4, -0.2) is 46.4 Å². The molecular weight excluding hydrogens is 542 g/mol. The minimum atomic E-state index is 0.298. The fourth-order valence-corrected chi connectivity index (χ4v) is 5.36. The first-order valence-electron chi connectivity index (χ1n) is 15.7. The molecule has 1 fully saturated rings. The first kappa shape index (κ1) is 38.4. The fourth-order valence-electron chi connectivity index (χ4n) is 5.36. The van der Waals surface area contributed by atoms with Crippen molar-refractivity contribution in [3.8, 4) is 12.8 Å². The lowest BCUT2D eigenvalue weighted by Crippen LogP contribution is -2.45. The predicted octanol–water partition coefficient (Wildman–Crippen LogP) is 8.37. The maximum atomic E-state index is 9.74. The second-order valence-electron chi connectivity index (χ2n) is 12.6. The van der Waals surface area contributed by atoms with Crippen LogP contribution in [0.1, 0.15) is 89.9 Å². The normalized spacial score (nSPS) is 14.5. The molecule has 0 aliphatic carbocycles. The highest BCUT2D eigenvalue weighted by Crippen LogP contribution is 2.45. The molecule has 1 aromatic heterocycles. The van der Waals surface area contributed by atoms with Gasteiger partial charge in [0.15, 0.2) is 5.82 Å². The number of hydroxylamine groups is 2. The van der Waals surface area contributed by atoms with Crippen LogP contribution in [0.4, 0.5) is 5.82 Å². The van der Waals surface area contributed by atoms with Gasteiger partial charge in [0.05, 0.1) is 0 Å². The van der Waals surface area contributed by atoms with Crippen LogP contribution < -0.4 is 10.6 Å². The molecule has 3 N–H and O–H groups in total. The number of anilines is 1. The molecule has 2 heterocycles. The molecule has 6 heteroatoms. The molecule has 1 aliphatic rings. The molecule has 0 spiro atoms. The highest BCUT2D eigenvalue weighted by atomic mass is 16.5. The van der Waals surface area contributed by atoms with E-state index >= 15 is 0 Å². The van der Waals surface area contributed by atoms with Gasteiger partial charge in [-0.2, -0.15) is 5.06 Å². The SMILES string of the molecule is C#C.C=C/C=C\C=C.CCCC(C)(C)C(C)(C)CCCc1cccc(/C(=C(\C)N)c2nc(C)cc(N3CCN(O)CC3)n2)c1. The van der Waals surface area contributed by atoms with Crippen LogP contribution in [0.15, 0.2) is 73.5 Å². The highest BCUT2D eigenvalue weighted by molar-refractivity contribution is 5.79. The number of aryl methyl sites for hydroxylation is 2. The number of nitrogens with zero attached hydrogens (tertiary/aromatic N) is 4. The Kier molecular flexibility index (Phi) is 16.5. The van der Waals surface area contributed by atoms with Gasteiger partial charge in [-0.25, -0.2) is 9.97 Å². The maximum absolute atomic E-state index is 9.74. The molecule has 1 saturated heterocycles. The molecule has 3 rings (SSSR count). The van der Waals surface area contributed by atoms with Gasteiger partial charge in [0.25, 0.3) is 0 Å². The molecule has 1 aromatic carbocycles. The van der Waals surface area contributed by atoms with Gasteiger partial charge < -0.3 is 15.8 Å². The highest BCUT2D eigenvalue weighted by Gasteiger charge is 2.35. The molecule has 0 bridgehead atoms. The zero-order chi connectivity index (χ0) is 33.3. The van der Waals surface area contributed by atoms with Crippen molar-refractivity contribution in [3.63, 3.8) is 0 Å². The topological polar surface area (TPSA) is 78.5 Å². The molecule has 0 amide bonds. The largest absolute Gasteiger partial charge is 0.402 e. The number of piperazine rings is 1. The van der Waals surface area contributed by atoms with Crippen molar-refractivity contribution in [1.29, 1.82) is 0 Å². The molecular formula is C38H57N5O. The smallest absolute Gasteiger partial charge is 0.164 e. The summed E-state index contributed by atoms with van der Waals surface area (Å²) in [5.41, 5.74) is 12.0. The van der Waals surface area contributed by atoms with Crippen LogP contribution in [-0.2, 0) is 6.42 Å². The molecule has 2 aromatic rings. The lowest BCUT2D eigenvalue weighted by Gasteiger charge is -2.42. The van der Waals surface area contributed by atoms with E-state index in [4.69, 9.17) is 15.7 Å². The number of aromatic nitrogens is 2. The predicted molar refractivity (Wildman–Crippen MR) is 189 cm³/mol. The average Bonchev–Trinajstić information content (AvgIpc) is 2.97. The number of benzene rings is 1. The van der Waals surface area contributed by atoms with Crippen LogP contribution in [0, 0.1) is 30.6 Å². The van der Waals surface area contributed by atoms with Crippen molar-refractivity contribution in [3.05, 3.63) is 96.1 Å². The number of nitrogens with two attached hydrogens (primary N) is 1. The van der Waals surface area contributed by atoms with E-state index in [0.29, 0.717) is 35.4 Å². The molecule has 0 radical (unpaired) electrons. The summed E-state index contributed by atoms with van der Waals surface area (Å²) in [7, 11) is 0. The Morgan fingerprint density at radius 2 is 1.57 bits per heavy atom. The zero-order valence-corrected chi connectivity index (χ0v) is 28.4. The van der Waals surface area contributed by atoms with Crippen molar-refractivity contribution in [2.24, 2.45) is 16.6 Å². The third kappa shape index (κ3) is 11.8. The van der Waals surface area contributed by atoms with Gasteiger partial charge in [0, 0.05) is 49.2 Å². The third-order valence-electron chi connectivity index (χ3n) is 8.61. The fraction of sp³-hybridized carbons (Fsp3) is 0.474. The maximum Gasteiger partial charge on any atom is 0.164 e. The zero-order valence-electron chi connectivity index (χ0n) is 28.4. The van der Waals surface area contributed by atoms with E-state index in [9.17, 15) is 5.21 Å². The summed E-state index contributed by atoms with van der Waals surface area (Å²) in [5, 5.41) is 11.1. The van der Waals surface area contributed by atoms with Crippen LogP contribution in [0.5, 0.6) is 0 Å². The Morgan fingerprint density at radius 1 is 0.977 bits per heavy atom. The number of hydrogen-bond donors (Lipinski definition) is 2. The van der Waals surface area contributed by atoms with E-state index in [-0.39, 0.29) is 0 Å². The van der Waals surface area contributed by atoms with Gasteiger partial charge in [-0.05, 0) is 61.5 Å². The average molecular weight is 600 g/mol. The van der Waals surface area contributed by atoms with Gasteiger partial charge in [-0.15, -0.1) is 12.8 Å². The van der Waals surface area contributed by atoms with Crippen molar-refractivity contribution >= 4 is 11.4 Å². The lowest BCUT2D eigenvalue weighted by atomic mass is 9.63. The number of allylic oxidation sites excluding steroid dienone is 5. The van der Waals surface area contributed by atoms with E-state index < -0.39 is 0 Å². The van der Waals surface area contributed by atoms with Gasteiger partial charge in [-0.3, -0.25) is 0 Å². The standard InChI is InChI=1S/C30H47N5O.C6H8.C2H2/c1-8-14-29(4,5)30(6,7)15-10-12-24-11-9-13-25(21-24)27(23(3)31)28-32-22(2)20-26(33-28)34-16-18-35(36)19-17-34;1-3-5-6-4-2;1-2/h9,11,13,20-21,36H,8,10,12,14-19,31H2,1-7H3;3-6H,1-2H2;1-2H/b27-23-;6-5-;. The Labute approximate surface area is 268 Å². The summed E-state index contributed by atoms with van der Waals surface area (Å²) >= 11 is 0. The lowest BCUT2D eigenvalue weighted by molar-refractivity contribution is -0.0936. The van der Waals surface area contributed by atoms with E-state index in [0.717, 1.165) is 48.6 Å². The molecule has 240 valence electrons. The Bertz CT molecular complexity index is 1250. The van der Waals surface area contributed by atoms with Crippen molar-refractivity contribution in [1.82, 2.24) is 15.0 Å². The summed E-state index contributed by atoms with van der Waals surface area (Å²) in [5.74, 6) is 1.55. The molecule has 0 unspecified atom stereocenters. The van der Waals surface area contributed by atoms with Gasteiger partial charge in [0.1, 0.15) is 5.82 Å². The minimum absolute atomic E-state index is 0.298. The van der Waals surface area contributed by atoms with Crippen LogP contribution in [0.3, 0.4) is 0 Å². The summed E-state index contributed by atoms with van der Waals surface area (Å²) < 4.78 is 0. The third-order valence-corrected chi connectivity index (χ3v) is 8.61. The first-order valence-corrected chi connectivity index (χ1v) is 15.7. The summed E-state index contributed by atoms with van der Waals surface area (Å²) in [6, 6.07) is 10.7. The summed E-state index contributed by atoms with van der Waals surface area (Å²) in [4.78, 5) is 11.9. The number of rotatable bonds is 12. The second-order valence-corrected chi connectivity index (χ2v) is 12.6. The quantitative estimate of drug-likeness (QED) is 0.188. The Morgan fingerprint density at radius 3 is 2.11 bits per heavy atom. The van der Waals surface area contributed by atoms with Crippen LogP contribution in [0.2, 0.25) is 0 Å². The Hall–Kier alpha value is -3.66. The van der Waals surface area contributed by atoms with Crippen molar-refractivity contribution < 1.29 is 5.21 Å². The van der Waals surface area contributed by atoms with E-state index in [2.05, 4.69) is 89.8 Å². The van der Waals surface area contributed by atoms with E-state index in [1.807, 2.05) is 32.1 Å². The molecule has 44 heavy (non-hydrogen) atoms. The monoisotopic (exact) mass is 599 g/mol. The molecule has 0 atom stereocenters. The first-order chi connectivity index (χ1) is 20.8. The van der Waals surface area contributed by atoms with Crippen molar-refractivity contribution in [2.75, 3.05) is 31.1 Å². The minimum Gasteiger partial charge on any atom is -0.402 e. The molecule has 0 saturated carbocycles. The van der Waals surface area contributed by atoms with Crippen LogP contribution >= 0.6 is 0 Å². The molecule has 6 nitrogen and oxygen atoms in total. The van der Waals surface area contributed by atoms with Gasteiger partial charge in [-0.1, -0.05) is 103 Å². The van der Waals surface area contributed by atoms with Crippen molar-refractivity contribution in [2.45, 2.75) is 80.6 Å². The number of terminal acetylenes is 1. The van der Waals surface area contributed by atoms with Gasteiger partial charge in [0.2, 0.25) is 0 Å². The van der Waals surface area contributed by atoms with E-state index in [1.165, 1.54) is 29.9 Å². The summed E-state index contributed by atoms with van der Waals surface area (Å²) in [6.45, 7) is 25.5. The second kappa shape index (κ2) is 18.9. The molecule has 1 aliphatic heterocycles. The Balaban J connectivity index is 0.00000108. The summed E-state index contributed by atoms with van der Waals surface area (Å²) in [6.07, 6.45) is 21.0.